The lowest BCUT2D eigenvalue weighted by atomic mass is 9.92. The first-order valence-electron chi connectivity index (χ1n) is 12.6. The van der Waals surface area contributed by atoms with Crippen LogP contribution in [-0.2, 0) is 19.6 Å². The zero-order chi connectivity index (χ0) is 25.8. The number of anilines is 1. The molecule has 10 nitrogen and oxygen atoms in total. The summed E-state index contributed by atoms with van der Waals surface area (Å²) in [5, 5.41) is 20.4. The van der Waals surface area contributed by atoms with E-state index in [1.807, 2.05) is 25.1 Å². The Balaban J connectivity index is 1.14. The van der Waals surface area contributed by atoms with Crippen LogP contribution in [0.2, 0.25) is 0 Å². The smallest absolute Gasteiger partial charge is 0.251 e. The second-order valence-electron chi connectivity index (χ2n) is 9.60. The second kappa shape index (κ2) is 11.2. The van der Waals surface area contributed by atoms with Gasteiger partial charge in [0, 0.05) is 36.8 Å². The predicted molar refractivity (Wildman–Crippen MR) is 137 cm³/mol. The minimum absolute atomic E-state index is 0.125. The Morgan fingerprint density at radius 1 is 1.27 bits per heavy atom. The summed E-state index contributed by atoms with van der Waals surface area (Å²) >= 11 is 0. The van der Waals surface area contributed by atoms with Gasteiger partial charge < -0.3 is 34.9 Å². The molecule has 2 aromatic heterocycles. The van der Waals surface area contributed by atoms with Gasteiger partial charge in [0.15, 0.2) is 12.2 Å². The highest BCUT2D eigenvalue weighted by atomic mass is 16.5. The third-order valence-electron chi connectivity index (χ3n) is 7.05. The van der Waals surface area contributed by atoms with E-state index in [1.165, 1.54) is 19.9 Å². The van der Waals surface area contributed by atoms with Crippen molar-refractivity contribution >= 4 is 11.7 Å². The molecule has 0 saturated heterocycles. The van der Waals surface area contributed by atoms with Crippen molar-refractivity contribution in [2.75, 3.05) is 19.0 Å². The van der Waals surface area contributed by atoms with Crippen LogP contribution in [0.5, 0.6) is 11.6 Å². The van der Waals surface area contributed by atoms with E-state index in [-0.39, 0.29) is 18.5 Å². The molecule has 1 saturated carbocycles. The first kappa shape index (κ1) is 25.0. The molecule has 2 atom stereocenters. The number of fused-ring (bicyclic) bond motifs is 1. The lowest BCUT2D eigenvalue weighted by Gasteiger charge is -2.30. The minimum atomic E-state index is -0.751. The number of hydrogen-bond donors (Lipinski definition) is 4. The van der Waals surface area contributed by atoms with E-state index in [0.29, 0.717) is 48.6 Å². The van der Waals surface area contributed by atoms with E-state index in [1.54, 1.807) is 12.1 Å². The molecule has 0 radical (unpaired) electrons. The Labute approximate surface area is 215 Å². The van der Waals surface area contributed by atoms with Crippen LogP contribution in [0, 0.1) is 6.92 Å². The van der Waals surface area contributed by atoms with E-state index in [2.05, 4.69) is 25.9 Å². The Bertz CT molecular complexity index is 1240. The van der Waals surface area contributed by atoms with Gasteiger partial charge >= 0.3 is 0 Å². The number of carbonyl (C=O) groups is 1. The summed E-state index contributed by atoms with van der Waals surface area (Å²) in [6, 6.07) is 9.48. The quantitative estimate of drug-likeness (QED) is 0.327. The molecule has 1 fully saturated rings. The van der Waals surface area contributed by atoms with E-state index in [0.717, 1.165) is 35.4 Å². The SMILES string of the molecule is COc1cc(C(=O)NCC(O)[C@@H]2Cc3ccc(OCc4ocnc4C)cc3CN2)cc(NC2CCC2)n1. The summed E-state index contributed by atoms with van der Waals surface area (Å²) in [4.78, 5) is 21.3. The molecule has 1 aliphatic heterocycles. The molecule has 2 aliphatic rings. The van der Waals surface area contributed by atoms with Crippen LogP contribution >= 0.6 is 0 Å². The van der Waals surface area contributed by atoms with Crippen LogP contribution in [0.3, 0.4) is 0 Å². The molecule has 10 heteroatoms. The Morgan fingerprint density at radius 2 is 2.14 bits per heavy atom. The third-order valence-corrected chi connectivity index (χ3v) is 7.05. The fourth-order valence-electron chi connectivity index (χ4n) is 4.51. The molecule has 3 heterocycles. The van der Waals surface area contributed by atoms with Gasteiger partial charge in [-0.05, 0) is 61.9 Å². The highest BCUT2D eigenvalue weighted by Crippen LogP contribution is 2.26. The highest BCUT2D eigenvalue weighted by Gasteiger charge is 2.26. The molecule has 1 unspecified atom stereocenters. The summed E-state index contributed by atoms with van der Waals surface area (Å²) in [6.45, 7) is 2.92. The van der Waals surface area contributed by atoms with Crippen molar-refractivity contribution in [2.45, 2.75) is 63.9 Å². The molecule has 1 aromatic carbocycles. The third kappa shape index (κ3) is 6.03. The Kier molecular flexibility index (Phi) is 7.57. The lowest BCUT2D eigenvalue weighted by Crippen LogP contribution is -2.49. The van der Waals surface area contributed by atoms with Crippen LogP contribution < -0.4 is 25.4 Å². The summed E-state index contributed by atoms with van der Waals surface area (Å²) in [5.74, 6) is 2.18. The number of aliphatic hydroxyl groups is 1. The Morgan fingerprint density at radius 3 is 2.86 bits per heavy atom. The maximum absolute atomic E-state index is 12.8. The number of pyridine rings is 1. The van der Waals surface area contributed by atoms with Gasteiger partial charge in [-0.2, -0.15) is 4.98 Å². The number of benzene rings is 1. The maximum Gasteiger partial charge on any atom is 0.251 e. The number of nitrogens with zero attached hydrogens (tertiary/aromatic N) is 2. The number of ether oxygens (including phenoxy) is 2. The van der Waals surface area contributed by atoms with Crippen LogP contribution in [0.25, 0.3) is 0 Å². The van der Waals surface area contributed by atoms with Gasteiger partial charge in [-0.25, -0.2) is 4.98 Å². The van der Waals surface area contributed by atoms with Crippen LogP contribution in [0.15, 0.2) is 41.1 Å². The summed E-state index contributed by atoms with van der Waals surface area (Å²) in [6.07, 6.45) is 4.70. The number of carbonyl (C=O) groups excluding carboxylic acids is 1. The summed E-state index contributed by atoms with van der Waals surface area (Å²) < 4.78 is 16.5. The van der Waals surface area contributed by atoms with Crippen molar-refractivity contribution < 1.29 is 23.8 Å². The molecular weight excluding hydrogens is 474 g/mol. The van der Waals surface area contributed by atoms with Crippen molar-refractivity contribution in [3.8, 4) is 11.6 Å². The van der Waals surface area contributed by atoms with Gasteiger partial charge in [-0.3, -0.25) is 4.79 Å². The van der Waals surface area contributed by atoms with Crippen LogP contribution in [0.4, 0.5) is 5.82 Å². The Hall–Kier alpha value is -3.63. The van der Waals surface area contributed by atoms with Crippen molar-refractivity contribution in [1.29, 1.82) is 0 Å². The molecule has 1 amide bonds. The van der Waals surface area contributed by atoms with E-state index in [4.69, 9.17) is 13.9 Å². The number of aliphatic hydroxyl groups excluding tert-OH is 1. The van der Waals surface area contributed by atoms with Gasteiger partial charge in [0.2, 0.25) is 5.88 Å². The topological polar surface area (TPSA) is 131 Å². The van der Waals surface area contributed by atoms with Gasteiger partial charge in [0.25, 0.3) is 5.91 Å². The molecule has 5 rings (SSSR count). The second-order valence-corrected chi connectivity index (χ2v) is 9.60. The number of amides is 1. The van der Waals surface area contributed by atoms with Gasteiger partial charge in [0.1, 0.15) is 18.2 Å². The summed E-state index contributed by atoms with van der Waals surface area (Å²) in [5.41, 5.74) is 3.52. The molecule has 0 spiro atoms. The monoisotopic (exact) mass is 507 g/mol. The summed E-state index contributed by atoms with van der Waals surface area (Å²) in [7, 11) is 1.53. The van der Waals surface area contributed by atoms with Gasteiger partial charge in [-0.15, -0.1) is 0 Å². The molecule has 37 heavy (non-hydrogen) atoms. The number of nitrogens with one attached hydrogen (secondary N) is 3. The lowest BCUT2D eigenvalue weighted by molar-refractivity contribution is 0.0869. The highest BCUT2D eigenvalue weighted by molar-refractivity contribution is 5.95. The van der Waals surface area contributed by atoms with Crippen molar-refractivity contribution in [2.24, 2.45) is 0 Å². The number of aryl methyl sites for hydroxylation is 1. The van der Waals surface area contributed by atoms with Gasteiger partial charge in [0.05, 0.1) is 18.9 Å². The fourth-order valence-corrected chi connectivity index (χ4v) is 4.51. The fraction of sp³-hybridized carbons (Fsp3) is 0.444. The average molecular weight is 508 g/mol. The first-order chi connectivity index (χ1) is 18.0. The largest absolute Gasteiger partial charge is 0.486 e. The number of oxazole rings is 1. The number of hydrogen-bond acceptors (Lipinski definition) is 9. The molecule has 3 aromatic rings. The normalized spacial score (nSPS) is 17.9. The molecule has 1 aliphatic carbocycles. The van der Waals surface area contributed by atoms with E-state index >= 15 is 0 Å². The minimum Gasteiger partial charge on any atom is -0.486 e. The first-order valence-corrected chi connectivity index (χ1v) is 12.6. The van der Waals surface area contributed by atoms with Crippen LogP contribution in [0.1, 0.15) is 52.2 Å². The van der Waals surface area contributed by atoms with Gasteiger partial charge in [-0.1, -0.05) is 6.07 Å². The molecule has 4 N–H and O–H groups in total. The number of rotatable bonds is 10. The zero-order valence-electron chi connectivity index (χ0n) is 21.1. The number of aromatic nitrogens is 2. The molecular formula is C27H33N5O5. The molecule has 196 valence electrons. The van der Waals surface area contributed by atoms with Crippen molar-refractivity contribution in [3.05, 3.63) is 64.9 Å². The van der Waals surface area contributed by atoms with Crippen molar-refractivity contribution in [3.63, 3.8) is 0 Å². The zero-order valence-corrected chi connectivity index (χ0v) is 21.1. The van der Waals surface area contributed by atoms with Crippen LogP contribution in [-0.4, -0.2) is 52.8 Å². The van der Waals surface area contributed by atoms with Crippen molar-refractivity contribution in [1.82, 2.24) is 20.6 Å². The number of methoxy groups -OCH3 is 1. The van der Waals surface area contributed by atoms with E-state index < -0.39 is 6.10 Å². The predicted octanol–water partition coefficient (Wildman–Crippen LogP) is 2.74. The molecule has 0 bridgehead atoms. The average Bonchev–Trinajstić information content (AvgIpc) is 3.31. The van der Waals surface area contributed by atoms with E-state index in [9.17, 15) is 9.90 Å². The standard InChI is InChI=1S/C27H33N5O5/c1-16-24(37-15-30-16)14-36-21-7-6-17-9-22(28-12-19(17)8-21)23(33)13-29-27(34)18-10-25(31-20-4-3-5-20)32-26(11-18)35-2/h6-8,10-11,15,20,22-23,28,33H,3-5,9,12-14H2,1-2H3,(H,29,34)(H,31,32)/t22-,23?/m0/s1. The maximum atomic E-state index is 12.8.